The number of likely N-dealkylation sites (tertiary alicyclic amines) is 1. The largest absolute Gasteiger partial charge is 0.454 e. The zero-order valence-electron chi connectivity index (χ0n) is 16.0. The highest BCUT2D eigenvalue weighted by atomic mass is 16.7. The van der Waals surface area contributed by atoms with Gasteiger partial charge in [-0.15, -0.1) is 0 Å². The van der Waals surface area contributed by atoms with E-state index in [4.69, 9.17) is 14.2 Å². The summed E-state index contributed by atoms with van der Waals surface area (Å²) in [5.41, 5.74) is 0.866. The first-order chi connectivity index (χ1) is 14.6. The molecule has 2 bridgehead atoms. The molecule has 6 rings (SSSR count). The van der Waals surface area contributed by atoms with Crippen molar-refractivity contribution in [3.05, 3.63) is 60.4 Å². The van der Waals surface area contributed by atoms with Gasteiger partial charge in [0.2, 0.25) is 18.6 Å². The second-order valence-electron chi connectivity index (χ2n) is 8.01. The van der Waals surface area contributed by atoms with Gasteiger partial charge in [-0.2, -0.15) is 0 Å². The van der Waals surface area contributed by atoms with Gasteiger partial charge in [0.05, 0.1) is 24.5 Å². The lowest BCUT2D eigenvalue weighted by molar-refractivity contribution is -0.136. The number of benzene rings is 1. The highest BCUT2D eigenvalue weighted by Gasteiger charge is 2.66. The standard InChI is InChI=1S/C22H19N3O5/c26-20(24-14-1-2-15-17(9-14)29-12-28-15)18-16-3-6-22(30-16)11-25(21(27)19(18)22)10-13-4-7-23-8-5-13/h1-9,16,18-19H,10-12H2,(H,24,26)/t16-,18+,19+,22-/m1/s1. The number of hydrogen-bond donors (Lipinski definition) is 1. The van der Waals surface area contributed by atoms with E-state index < -0.39 is 23.5 Å². The molecule has 4 aliphatic heterocycles. The van der Waals surface area contributed by atoms with Crippen molar-refractivity contribution in [1.29, 1.82) is 0 Å². The molecule has 2 fully saturated rings. The monoisotopic (exact) mass is 405 g/mol. The van der Waals surface area contributed by atoms with Crippen LogP contribution in [0.3, 0.4) is 0 Å². The lowest BCUT2D eigenvalue weighted by Crippen LogP contribution is -2.41. The van der Waals surface area contributed by atoms with E-state index in [1.807, 2.05) is 24.3 Å². The van der Waals surface area contributed by atoms with E-state index >= 15 is 0 Å². The molecule has 0 aliphatic carbocycles. The van der Waals surface area contributed by atoms with E-state index in [1.165, 1.54) is 0 Å². The maximum Gasteiger partial charge on any atom is 0.231 e. The molecular weight excluding hydrogens is 386 g/mol. The third-order valence-corrected chi connectivity index (χ3v) is 6.24. The number of hydrogen-bond acceptors (Lipinski definition) is 6. The summed E-state index contributed by atoms with van der Waals surface area (Å²) >= 11 is 0. The number of nitrogens with zero attached hydrogens (tertiary/aromatic N) is 2. The fourth-order valence-corrected chi connectivity index (χ4v) is 4.92. The average Bonchev–Trinajstić information content (AvgIpc) is 3.50. The van der Waals surface area contributed by atoms with Gasteiger partial charge >= 0.3 is 0 Å². The van der Waals surface area contributed by atoms with Crippen molar-refractivity contribution < 1.29 is 23.8 Å². The lowest BCUT2D eigenvalue weighted by atomic mass is 9.77. The first-order valence-electron chi connectivity index (χ1n) is 9.88. The molecule has 4 aliphatic rings. The van der Waals surface area contributed by atoms with E-state index in [9.17, 15) is 9.59 Å². The Morgan fingerprint density at radius 3 is 2.90 bits per heavy atom. The number of ether oxygens (including phenoxy) is 3. The van der Waals surface area contributed by atoms with Crippen LogP contribution in [0.2, 0.25) is 0 Å². The SMILES string of the molecule is O=C(Nc1ccc2c(c1)OCO2)[C@@H]1[C@H]2C(=O)N(Cc3ccncc3)C[C@]23C=C[C@H]1O3. The Morgan fingerprint density at radius 1 is 1.20 bits per heavy atom. The summed E-state index contributed by atoms with van der Waals surface area (Å²) < 4.78 is 16.9. The van der Waals surface area contributed by atoms with Gasteiger partial charge in [0.15, 0.2) is 11.5 Å². The normalized spacial score (nSPS) is 30.1. The minimum atomic E-state index is -0.730. The zero-order valence-corrected chi connectivity index (χ0v) is 16.0. The molecule has 8 nitrogen and oxygen atoms in total. The molecule has 0 radical (unpaired) electrons. The molecule has 1 spiro atoms. The summed E-state index contributed by atoms with van der Waals surface area (Å²) in [6, 6.07) is 9.02. The summed E-state index contributed by atoms with van der Waals surface area (Å²) in [5.74, 6) is -0.137. The molecule has 4 atom stereocenters. The summed E-state index contributed by atoms with van der Waals surface area (Å²) in [6.45, 7) is 1.08. The van der Waals surface area contributed by atoms with Crippen LogP contribution in [0.1, 0.15) is 5.56 Å². The molecule has 2 aromatic rings. The van der Waals surface area contributed by atoms with Crippen molar-refractivity contribution in [3.8, 4) is 11.5 Å². The highest BCUT2D eigenvalue weighted by molar-refractivity contribution is 5.99. The van der Waals surface area contributed by atoms with E-state index in [-0.39, 0.29) is 18.6 Å². The van der Waals surface area contributed by atoms with Crippen LogP contribution in [0.5, 0.6) is 11.5 Å². The maximum atomic E-state index is 13.3. The molecule has 1 N–H and O–H groups in total. The Kier molecular flexibility index (Phi) is 3.67. The van der Waals surface area contributed by atoms with Crippen molar-refractivity contribution in [2.45, 2.75) is 18.2 Å². The minimum Gasteiger partial charge on any atom is -0.454 e. The molecule has 0 saturated carbocycles. The van der Waals surface area contributed by atoms with E-state index in [0.717, 1.165) is 5.56 Å². The van der Waals surface area contributed by atoms with Crippen LogP contribution >= 0.6 is 0 Å². The van der Waals surface area contributed by atoms with Crippen molar-refractivity contribution in [1.82, 2.24) is 9.88 Å². The minimum absolute atomic E-state index is 0.0514. The fourth-order valence-electron chi connectivity index (χ4n) is 4.92. The molecule has 1 aromatic carbocycles. The number of nitrogens with one attached hydrogen (secondary N) is 1. The van der Waals surface area contributed by atoms with Crippen molar-refractivity contribution in [2.75, 3.05) is 18.7 Å². The van der Waals surface area contributed by atoms with Crippen molar-refractivity contribution >= 4 is 17.5 Å². The second-order valence-corrected chi connectivity index (χ2v) is 8.01. The van der Waals surface area contributed by atoms with Gasteiger partial charge in [0, 0.05) is 30.7 Å². The Bertz CT molecular complexity index is 1070. The van der Waals surface area contributed by atoms with Gasteiger partial charge in [0.1, 0.15) is 5.60 Å². The number of amides is 2. The van der Waals surface area contributed by atoms with Gasteiger partial charge in [-0.1, -0.05) is 12.2 Å². The van der Waals surface area contributed by atoms with E-state index in [2.05, 4.69) is 10.3 Å². The van der Waals surface area contributed by atoms with Gasteiger partial charge in [-0.05, 0) is 29.8 Å². The summed E-state index contributed by atoms with van der Waals surface area (Å²) in [5, 5.41) is 2.93. The molecule has 8 heteroatoms. The topological polar surface area (TPSA) is 90.0 Å². The molecule has 0 unspecified atom stereocenters. The van der Waals surface area contributed by atoms with E-state index in [0.29, 0.717) is 30.3 Å². The summed E-state index contributed by atoms with van der Waals surface area (Å²) in [7, 11) is 0. The number of pyridine rings is 1. The quantitative estimate of drug-likeness (QED) is 0.780. The second kappa shape index (κ2) is 6.30. The van der Waals surface area contributed by atoms with Gasteiger partial charge in [-0.25, -0.2) is 0 Å². The van der Waals surface area contributed by atoms with Crippen LogP contribution in [-0.4, -0.2) is 46.7 Å². The fraction of sp³-hybridized carbons (Fsp3) is 0.318. The van der Waals surface area contributed by atoms with Gasteiger partial charge in [-0.3, -0.25) is 14.6 Å². The molecular formula is C22H19N3O5. The highest BCUT2D eigenvalue weighted by Crippen LogP contribution is 2.52. The number of aromatic nitrogens is 1. The molecule has 1 aromatic heterocycles. The van der Waals surface area contributed by atoms with Crippen LogP contribution in [0.4, 0.5) is 5.69 Å². The lowest BCUT2D eigenvalue weighted by Gasteiger charge is -2.23. The predicted octanol–water partition coefficient (Wildman–Crippen LogP) is 1.73. The number of anilines is 1. The zero-order chi connectivity index (χ0) is 20.3. The smallest absolute Gasteiger partial charge is 0.231 e. The summed E-state index contributed by atoms with van der Waals surface area (Å²) in [4.78, 5) is 32.2. The first-order valence-corrected chi connectivity index (χ1v) is 9.88. The van der Waals surface area contributed by atoms with Crippen LogP contribution in [0.15, 0.2) is 54.9 Å². The van der Waals surface area contributed by atoms with Crippen LogP contribution < -0.4 is 14.8 Å². The molecule has 152 valence electrons. The number of fused-ring (bicyclic) bond motifs is 2. The molecule has 30 heavy (non-hydrogen) atoms. The molecule has 5 heterocycles. The van der Waals surface area contributed by atoms with E-state index in [1.54, 1.807) is 35.5 Å². The number of carbonyl (C=O) groups is 2. The van der Waals surface area contributed by atoms with Crippen LogP contribution in [0, 0.1) is 11.8 Å². The van der Waals surface area contributed by atoms with Gasteiger partial charge < -0.3 is 24.4 Å². The summed E-state index contributed by atoms with van der Waals surface area (Å²) in [6.07, 6.45) is 6.88. The molecule has 2 amide bonds. The molecule has 2 saturated heterocycles. The number of carbonyl (C=O) groups excluding carboxylic acids is 2. The van der Waals surface area contributed by atoms with Gasteiger partial charge in [0.25, 0.3) is 0 Å². The van der Waals surface area contributed by atoms with Crippen LogP contribution in [0.25, 0.3) is 0 Å². The number of rotatable bonds is 4. The Balaban J connectivity index is 1.24. The first kappa shape index (κ1) is 17.5. The van der Waals surface area contributed by atoms with Crippen molar-refractivity contribution in [2.24, 2.45) is 11.8 Å². The Hall–Kier alpha value is -3.39. The third-order valence-electron chi connectivity index (χ3n) is 6.24. The third kappa shape index (κ3) is 2.53. The Labute approximate surface area is 172 Å². The maximum absolute atomic E-state index is 13.3. The Morgan fingerprint density at radius 2 is 2.03 bits per heavy atom. The average molecular weight is 405 g/mol. The van der Waals surface area contributed by atoms with Crippen molar-refractivity contribution in [3.63, 3.8) is 0 Å². The van der Waals surface area contributed by atoms with Crippen LogP contribution in [-0.2, 0) is 20.9 Å². The predicted molar refractivity (Wildman–Crippen MR) is 105 cm³/mol.